The summed E-state index contributed by atoms with van der Waals surface area (Å²) in [6, 6.07) is 4.71. The molecule has 2 aromatic rings. The van der Waals surface area contributed by atoms with Crippen LogP contribution >= 0.6 is 0 Å². The Balaban J connectivity index is 2.31. The zero-order chi connectivity index (χ0) is 17.5. The first-order chi connectivity index (χ1) is 11.5. The molecule has 1 N–H and O–H groups in total. The average Bonchev–Trinajstić information content (AvgIpc) is 2.53. The molecule has 1 aromatic heterocycles. The molecule has 5 nitrogen and oxygen atoms in total. The molecule has 1 aromatic carbocycles. The quantitative estimate of drug-likeness (QED) is 0.704. The van der Waals surface area contributed by atoms with E-state index >= 15 is 0 Å². The predicted octanol–water partition coefficient (Wildman–Crippen LogP) is 3.94. The Morgan fingerprint density at radius 2 is 1.92 bits per heavy atom. The van der Waals surface area contributed by atoms with Crippen LogP contribution in [0.5, 0.6) is 5.75 Å². The minimum atomic E-state index is -0.996. The van der Waals surface area contributed by atoms with Gasteiger partial charge in [-0.25, -0.2) is 0 Å². The van der Waals surface area contributed by atoms with E-state index in [1.165, 1.54) is 32.4 Å². The van der Waals surface area contributed by atoms with Crippen LogP contribution in [-0.4, -0.2) is 18.2 Å². The summed E-state index contributed by atoms with van der Waals surface area (Å²) in [5, 5.41) is 9.38. The molecule has 0 saturated heterocycles. The standard InChI is InChI=1S/C19H24O5/c1-3-4-5-6-7-8-14-11-16(20)19-13(10-18(21)22)9-15(23-2)12-17(19)24-14/h9,11-12H,3-8,10H2,1-2H3,(H,21,22). The Morgan fingerprint density at radius 3 is 2.58 bits per heavy atom. The molecule has 0 radical (unpaired) electrons. The van der Waals surface area contributed by atoms with Gasteiger partial charge in [-0.15, -0.1) is 0 Å². The summed E-state index contributed by atoms with van der Waals surface area (Å²) in [6.45, 7) is 2.17. The van der Waals surface area contributed by atoms with Gasteiger partial charge in [0.2, 0.25) is 0 Å². The normalized spacial score (nSPS) is 10.9. The number of aryl methyl sites for hydroxylation is 1. The summed E-state index contributed by atoms with van der Waals surface area (Å²) in [6.07, 6.45) is 6.15. The molecule has 1 heterocycles. The van der Waals surface area contributed by atoms with E-state index in [-0.39, 0.29) is 11.8 Å². The van der Waals surface area contributed by atoms with Crippen LogP contribution < -0.4 is 10.2 Å². The topological polar surface area (TPSA) is 76.7 Å². The van der Waals surface area contributed by atoms with E-state index < -0.39 is 5.97 Å². The molecule has 130 valence electrons. The van der Waals surface area contributed by atoms with Gasteiger partial charge >= 0.3 is 5.97 Å². The molecule has 2 rings (SSSR count). The fourth-order valence-electron chi connectivity index (χ4n) is 2.84. The number of carbonyl (C=O) groups is 1. The van der Waals surface area contributed by atoms with Crippen LogP contribution in [0.3, 0.4) is 0 Å². The lowest BCUT2D eigenvalue weighted by atomic mass is 10.0. The number of carboxylic acids is 1. The molecule has 0 bridgehead atoms. The molecule has 0 amide bonds. The number of ether oxygens (including phenoxy) is 1. The van der Waals surface area contributed by atoms with Gasteiger partial charge in [-0.3, -0.25) is 9.59 Å². The van der Waals surface area contributed by atoms with Gasteiger partial charge in [0.1, 0.15) is 17.1 Å². The van der Waals surface area contributed by atoms with Gasteiger partial charge in [-0.05, 0) is 18.1 Å². The molecule has 0 spiro atoms. The Bertz CT molecular complexity index is 760. The predicted molar refractivity (Wildman–Crippen MR) is 92.8 cm³/mol. The molecule has 24 heavy (non-hydrogen) atoms. The molecule has 0 saturated carbocycles. The first-order valence-electron chi connectivity index (χ1n) is 8.40. The van der Waals surface area contributed by atoms with Gasteiger partial charge < -0.3 is 14.3 Å². The Labute approximate surface area is 141 Å². The maximum Gasteiger partial charge on any atom is 0.307 e. The van der Waals surface area contributed by atoms with Gasteiger partial charge in [-0.2, -0.15) is 0 Å². The molecule has 0 fully saturated rings. The summed E-state index contributed by atoms with van der Waals surface area (Å²) < 4.78 is 11.0. The highest BCUT2D eigenvalue weighted by Gasteiger charge is 2.14. The largest absolute Gasteiger partial charge is 0.497 e. The minimum Gasteiger partial charge on any atom is -0.497 e. The lowest BCUT2D eigenvalue weighted by molar-refractivity contribution is -0.136. The maximum absolute atomic E-state index is 12.4. The van der Waals surface area contributed by atoms with Crippen molar-refractivity contribution in [3.05, 3.63) is 39.7 Å². The van der Waals surface area contributed by atoms with Crippen molar-refractivity contribution in [2.45, 2.75) is 51.9 Å². The van der Waals surface area contributed by atoms with Crippen molar-refractivity contribution in [2.24, 2.45) is 0 Å². The second-order valence-corrected chi connectivity index (χ2v) is 5.97. The SMILES string of the molecule is CCCCCCCc1cc(=O)c2c(CC(=O)O)cc(OC)cc2o1. The number of aliphatic carboxylic acids is 1. The Morgan fingerprint density at radius 1 is 1.17 bits per heavy atom. The van der Waals surface area contributed by atoms with Gasteiger partial charge in [0.25, 0.3) is 0 Å². The van der Waals surface area contributed by atoms with Crippen molar-refractivity contribution in [3.63, 3.8) is 0 Å². The zero-order valence-corrected chi connectivity index (χ0v) is 14.3. The number of hydrogen-bond donors (Lipinski definition) is 1. The number of rotatable bonds is 9. The van der Waals surface area contributed by atoms with Gasteiger partial charge in [0, 0.05) is 18.6 Å². The van der Waals surface area contributed by atoms with E-state index in [4.69, 9.17) is 14.3 Å². The number of carboxylic acid groups (broad SMARTS) is 1. The monoisotopic (exact) mass is 332 g/mol. The molecular weight excluding hydrogens is 308 g/mol. The maximum atomic E-state index is 12.4. The van der Waals surface area contributed by atoms with Crippen molar-refractivity contribution in [1.29, 1.82) is 0 Å². The number of benzene rings is 1. The highest BCUT2D eigenvalue weighted by molar-refractivity contribution is 5.86. The van der Waals surface area contributed by atoms with E-state index in [1.54, 1.807) is 12.1 Å². The molecule has 0 aliphatic carbocycles. The highest BCUT2D eigenvalue weighted by atomic mass is 16.5. The number of fused-ring (bicyclic) bond motifs is 1. The lowest BCUT2D eigenvalue weighted by Crippen LogP contribution is -2.09. The third-order valence-corrected chi connectivity index (χ3v) is 4.04. The van der Waals surface area contributed by atoms with Crippen LogP contribution in [0, 0.1) is 0 Å². The third kappa shape index (κ3) is 4.60. The van der Waals surface area contributed by atoms with Crippen molar-refractivity contribution < 1.29 is 19.1 Å². The third-order valence-electron chi connectivity index (χ3n) is 4.04. The molecule has 0 aliphatic rings. The van der Waals surface area contributed by atoms with E-state index in [9.17, 15) is 9.59 Å². The first-order valence-corrected chi connectivity index (χ1v) is 8.40. The highest BCUT2D eigenvalue weighted by Crippen LogP contribution is 2.25. The van der Waals surface area contributed by atoms with Gasteiger partial charge in [0.05, 0.1) is 18.9 Å². The molecule has 0 unspecified atom stereocenters. The number of methoxy groups -OCH3 is 1. The number of unbranched alkanes of at least 4 members (excludes halogenated alkanes) is 4. The van der Waals surface area contributed by atoms with Crippen LogP contribution in [0.1, 0.15) is 50.4 Å². The van der Waals surface area contributed by atoms with Crippen molar-refractivity contribution in [3.8, 4) is 5.75 Å². The molecule has 5 heteroatoms. The van der Waals surface area contributed by atoms with E-state index in [1.807, 2.05) is 0 Å². The van der Waals surface area contributed by atoms with Crippen LogP contribution in [0.25, 0.3) is 11.0 Å². The van der Waals surface area contributed by atoms with E-state index in [2.05, 4.69) is 6.92 Å². The van der Waals surface area contributed by atoms with Crippen LogP contribution in [0.4, 0.5) is 0 Å². The lowest BCUT2D eigenvalue weighted by Gasteiger charge is -2.09. The summed E-state index contributed by atoms with van der Waals surface area (Å²) in [4.78, 5) is 23.5. The summed E-state index contributed by atoms with van der Waals surface area (Å²) in [5.41, 5.74) is 0.612. The van der Waals surface area contributed by atoms with Gasteiger partial charge in [-0.1, -0.05) is 32.6 Å². The van der Waals surface area contributed by atoms with Crippen molar-refractivity contribution in [1.82, 2.24) is 0 Å². The minimum absolute atomic E-state index is 0.196. The molecule has 0 aliphatic heterocycles. The molecular formula is C19H24O5. The van der Waals surface area contributed by atoms with Crippen molar-refractivity contribution in [2.75, 3.05) is 7.11 Å². The smallest absolute Gasteiger partial charge is 0.307 e. The number of hydrogen-bond acceptors (Lipinski definition) is 4. The van der Waals surface area contributed by atoms with E-state index in [0.717, 1.165) is 12.8 Å². The summed E-state index contributed by atoms with van der Waals surface area (Å²) in [7, 11) is 1.50. The second kappa shape index (κ2) is 8.52. The Kier molecular flexibility index (Phi) is 6.41. The fraction of sp³-hybridized carbons (Fsp3) is 0.474. The first kappa shape index (κ1) is 18.0. The Hall–Kier alpha value is -2.30. The van der Waals surface area contributed by atoms with Crippen LogP contribution in [0.2, 0.25) is 0 Å². The zero-order valence-electron chi connectivity index (χ0n) is 14.3. The van der Waals surface area contributed by atoms with Crippen LogP contribution in [0.15, 0.2) is 27.4 Å². The van der Waals surface area contributed by atoms with Crippen molar-refractivity contribution >= 4 is 16.9 Å². The summed E-state index contributed by atoms with van der Waals surface area (Å²) in [5.74, 6) is 0.129. The summed E-state index contributed by atoms with van der Waals surface area (Å²) >= 11 is 0. The van der Waals surface area contributed by atoms with Crippen LogP contribution in [-0.2, 0) is 17.6 Å². The van der Waals surface area contributed by atoms with Gasteiger partial charge in [0.15, 0.2) is 5.43 Å². The van der Waals surface area contributed by atoms with E-state index in [0.29, 0.717) is 34.5 Å². The average molecular weight is 332 g/mol. The molecule has 0 atom stereocenters. The fourth-order valence-corrected chi connectivity index (χ4v) is 2.84. The second-order valence-electron chi connectivity index (χ2n) is 5.97.